The molecule has 1 amide bonds. The largest absolute Gasteiger partial charge is 0.497 e. The number of carbonyl (C=O) groups is 1. The van der Waals surface area contributed by atoms with E-state index in [1.807, 2.05) is 29.2 Å². The third-order valence-electron chi connectivity index (χ3n) is 6.93. The summed E-state index contributed by atoms with van der Waals surface area (Å²) in [4.78, 5) is 14.6. The van der Waals surface area contributed by atoms with Crippen molar-refractivity contribution in [3.8, 4) is 5.75 Å². The second-order valence-electron chi connectivity index (χ2n) is 8.53. The van der Waals surface area contributed by atoms with Gasteiger partial charge in [0.1, 0.15) is 5.75 Å². The van der Waals surface area contributed by atoms with E-state index in [1.165, 1.54) is 51.4 Å². The Morgan fingerprint density at radius 2 is 1.69 bits per heavy atom. The molecule has 2 bridgehead atoms. The highest BCUT2D eigenvalue weighted by Gasteiger charge is 2.45. The highest BCUT2D eigenvalue weighted by atomic mass is 16.5. The standard InChI is InChI=1S/C22H32N2O2/c1-26-21-12-5-7-16(13-21)22(25)23-17-14-19-10-6-11-20(15-17)24(19)18-8-3-2-4-9-18/h5,7,12-13,17-20H,2-4,6,8-11,14-15H2,1H3,(H,23,25)/p+1/t17?,19-,20+. The van der Waals surface area contributed by atoms with Crippen LogP contribution >= 0.6 is 0 Å². The molecule has 3 aliphatic rings. The number of nitrogens with one attached hydrogen (secondary N) is 2. The average molecular weight is 358 g/mol. The third-order valence-corrected chi connectivity index (χ3v) is 6.93. The molecule has 26 heavy (non-hydrogen) atoms. The molecule has 4 nitrogen and oxygen atoms in total. The number of methoxy groups -OCH3 is 1. The number of fused-ring (bicyclic) bond motifs is 2. The number of carbonyl (C=O) groups excluding carboxylic acids is 1. The summed E-state index contributed by atoms with van der Waals surface area (Å²) in [5.41, 5.74) is 0.705. The summed E-state index contributed by atoms with van der Waals surface area (Å²) >= 11 is 0. The molecule has 2 saturated heterocycles. The lowest BCUT2D eigenvalue weighted by Gasteiger charge is -2.50. The molecule has 0 aromatic heterocycles. The Labute approximate surface area is 157 Å². The number of hydrogen-bond donors (Lipinski definition) is 2. The number of quaternary nitrogens is 1. The molecule has 4 heteroatoms. The predicted molar refractivity (Wildman–Crippen MR) is 103 cm³/mol. The predicted octanol–water partition coefficient (Wildman–Crippen LogP) is 2.73. The second kappa shape index (κ2) is 7.99. The molecule has 1 aromatic rings. The number of ether oxygens (including phenoxy) is 1. The van der Waals surface area contributed by atoms with Crippen molar-refractivity contribution in [1.29, 1.82) is 0 Å². The SMILES string of the molecule is COc1cccc(C(=O)NC2C[C@H]3CCC[C@@H](C2)[NH+]3C2CCCCC2)c1. The highest BCUT2D eigenvalue weighted by Crippen LogP contribution is 2.26. The van der Waals surface area contributed by atoms with Gasteiger partial charge in [-0.25, -0.2) is 0 Å². The minimum Gasteiger partial charge on any atom is -0.497 e. The first-order chi connectivity index (χ1) is 12.7. The van der Waals surface area contributed by atoms with Crippen molar-refractivity contribution in [2.45, 2.75) is 88.4 Å². The van der Waals surface area contributed by atoms with Gasteiger partial charge in [0.15, 0.2) is 0 Å². The summed E-state index contributed by atoms with van der Waals surface area (Å²) in [6.45, 7) is 0. The number of benzene rings is 1. The Balaban J connectivity index is 1.41. The molecule has 2 aliphatic heterocycles. The van der Waals surface area contributed by atoms with Crippen molar-refractivity contribution >= 4 is 5.91 Å². The summed E-state index contributed by atoms with van der Waals surface area (Å²) in [6, 6.07) is 10.2. The van der Waals surface area contributed by atoms with Gasteiger partial charge in [0.05, 0.1) is 25.2 Å². The van der Waals surface area contributed by atoms with Crippen LogP contribution in [0.2, 0.25) is 0 Å². The van der Waals surface area contributed by atoms with E-state index in [1.54, 1.807) is 7.11 Å². The number of rotatable bonds is 4. The Morgan fingerprint density at radius 3 is 2.38 bits per heavy atom. The number of hydrogen-bond acceptors (Lipinski definition) is 2. The van der Waals surface area contributed by atoms with E-state index < -0.39 is 0 Å². The fraction of sp³-hybridized carbons (Fsp3) is 0.682. The molecule has 4 rings (SSSR count). The molecule has 1 aliphatic carbocycles. The highest BCUT2D eigenvalue weighted by molar-refractivity contribution is 5.94. The molecule has 4 atom stereocenters. The molecule has 1 aromatic carbocycles. The van der Waals surface area contributed by atoms with E-state index in [-0.39, 0.29) is 5.91 Å². The Morgan fingerprint density at radius 1 is 1.00 bits per heavy atom. The van der Waals surface area contributed by atoms with Crippen LogP contribution in [0.1, 0.15) is 74.6 Å². The minimum atomic E-state index is 0.0492. The quantitative estimate of drug-likeness (QED) is 0.870. The van der Waals surface area contributed by atoms with E-state index in [2.05, 4.69) is 5.32 Å². The van der Waals surface area contributed by atoms with Crippen LogP contribution in [0, 0.1) is 0 Å². The maximum absolute atomic E-state index is 12.7. The van der Waals surface area contributed by atoms with E-state index >= 15 is 0 Å². The summed E-state index contributed by atoms with van der Waals surface area (Å²) in [5.74, 6) is 0.791. The zero-order chi connectivity index (χ0) is 17.9. The van der Waals surface area contributed by atoms with Crippen molar-refractivity contribution in [2.24, 2.45) is 0 Å². The molecule has 1 saturated carbocycles. The van der Waals surface area contributed by atoms with Crippen LogP contribution in [0.25, 0.3) is 0 Å². The zero-order valence-electron chi connectivity index (χ0n) is 16.0. The van der Waals surface area contributed by atoms with Crippen molar-refractivity contribution in [3.63, 3.8) is 0 Å². The zero-order valence-corrected chi connectivity index (χ0v) is 16.0. The Bertz CT molecular complexity index is 612. The van der Waals surface area contributed by atoms with E-state index in [4.69, 9.17) is 4.74 Å². The van der Waals surface area contributed by atoms with Crippen LogP contribution in [-0.4, -0.2) is 37.2 Å². The first-order valence-electron chi connectivity index (χ1n) is 10.6. The van der Waals surface area contributed by atoms with Gasteiger partial charge in [0.25, 0.3) is 5.91 Å². The fourth-order valence-electron chi connectivity index (χ4n) is 5.82. The van der Waals surface area contributed by atoms with Gasteiger partial charge < -0.3 is 15.0 Å². The van der Waals surface area contributed by atoms with Gasteiger partial charge in [0.2, 0.25) is 0 Å². The molecular weight excluding hydrogens is 324 g/mol. The fourth-order valence-corrected chi connectivity index (χ4v) is 5.82. The van der Waals surface area contributed by atoms with Crippen LogP contribution in [0.4, 0.5) is 0 Å². The van der Waals surface area contributed by atoms with Crippen molar-refractivity contribution < 1.29 is 14.4 Å². The van der Waals surface area contributed by atoms with Crippen LogP contribution < -0.4 is 15.0 Å². The van der Waals surface area contributed by atoms with E-state index in [0.29, 0.717) is 11.6 Å². The monoisotopic (exact) mass is 357 g/mol. The van der Waals surface area contributed by atoms with Crippen molar-refractivity contribution in [3.05, 3.63) is 29.8 Å². The lowest BCUT2D eigenvalue weighted by molar-refractivity contribution is -0.984. The summed E-state index contributed by atoms with van der Waals surface area (Å²) < 4.78 is 5.25. The van der Waals surface area contributed by atoms with E-state index in [0.717, 1.165) is 36.7 Å². The first kappa shape index (κ1) is 17.8. The Kier molecular flexibility index (Phi) is 5.49. The first-order valence-corrected chi connectivity index (χ1v) is 10.6. The van der Waals surface area contributed by atoms with Gasteiger partial charge in [-0.3, -0.25) is 4.79 Å². The van der Waals surface area contributed by atoms with Gasteiger partial charge in [-0.1, -0.05) is 12.5 Å². The van der Waals surface area contributed by atoms with Crippen LogP contribution in [0.3, 0.4) is 0 Å². The van der Waals surface area contributed by atoms with Crippen molar-refractivity contribution in [2.75, 3.05) is 7.11 Å². The average Bonchev–Trinajstić information content (AvgIpc) is 2.68. The van der Waals surface area contributed by atoms with Gasteiger partial charge >= 0.3 is 0 Å². The molecule has 0 radical (unpaired) electrons. The van der Waals surface area contributed by atoms with Gasteiger partial charge in [-0.15, -0.1) is 0 Å². The van der Waals surface area contributed by atoms with E-state index in [9.17, 15) is 4.79 Å². The minimum absolute atomic E-state index is 0.0492. The Hall–Kier alpha value is -1.55. The molecule has 2 heterocycles. The summed E-state index contributed by atoms with van der Waals surface area (Å²) in [6.07, 6.45) is 13.5. The molecule has 3 fully saturated rings. The molecule has 2 unspecified atom stereocenters. The topological polar surface area (TPSA) is 42.8 Å². The third kappa shape index (κ3) is 3.75. The molecule has 0 spiro atoms. The normalized spacial score (nSPS) is 32.0. The van der Waals surface area contributed by atoms with Crippen LogP contribution in [-0.2, 0) is 0 Å². The summed E-state index contributed by atoms with van der Waals surface area (Å²) in [5, 5.41) is 3.33. The van der Waals surface area contributed by atoms with Gasteiger partial charge in [-0.2, -0.15) is 0 Å². The second-order valence-corrected chi connectivity index (χ2v) is 8.53. The lowest BCUT2D eigenvalue weighted by atomic mass is 9.78. The maximum Gasteiger partial charge on any atom is 0.251 e. The number of piperidine rings is 2. The molecule has 142 valence electrons. The number of amides is 1. The maximum atomic E-state index is 12.7. The van der Waals surface area contributed by atoms with Crippen molar-refractivity contribution in [1.82, 2.24) is 5.32 Å². The molecule has 2 N–H and O–H groups in total. The smallest absolute Gasteiger partial charge is 0.251 e. The van der Waals surface area contributed by atoms with Gasteiger partial charge in [-0.05, 0) is 63.1 Å². The summed E-state index contributed by atoms with van der Waals surface area (Å²) in [7, 11) is 1.64. The lowest BCUT2D eigenvalue weighted by Crippen LogP contribution is -3.24. The van der Waals surface area contributed by atoms with Gasteiger partial charge in [0, 0.05) is 24.4 Å². The molecular formula is C22H33N2O2+. The van der Waals surface area contributed by atoms with Crippen LogP contribution in [0.5, 0.6) is 5.75 Å². The van der Waals surface area contributed by atoms with Crippen LogP contribution in [0.15, 0.2) is 24.3 Å².